The van der Waals surface area contributed by atoms with Crippen LogP contribution in [-0.4, -0.2) is 23.0 Å². The van der Waals surface area contributed by atoms with Crippen LogP contribution in [0, 0.1) is 0 Å². The zero-order chi connectivity index (χ0) is 12.7. The van der Waals surface area contributed by atoms with Crippen molar-refractivity contribution in [1.29, 1.82) is 0 Å². The van der Waals surface area contributed by atoms with Crippen molar-refractivity contribution in [2.45, 2.75) is 25.8 Å². The quantitative estimate of drug-likeness (QED) is 0.737. The van der Waals surface area contributed by atoms with E-state index in [-0.39, 0.29) is 0 Å². The molecule has 0 saturated carbocycles. The van der Waals surface area contributed by atoms with Gasteiger partial charge in [0.2, 0.25) is 5.91 Å². The Hall–Kier alpha value is -2.04. The van der Waals surface area contributed by atoms with E-state index in [1.165, 1.54) is 18.4 Å². The SMILES string of the molecule is CCC[C@H](NC(=O)/C=C/c1ccco1)C(=O)O. The zero-order valence-electron chi connectivity index (χ0n) is 9.55. The Kier molecular flexibility index (Phi) is 5.00. The standard InChI is InChI=1S/C12H15NO4/c1-2-4-10(12(15)16)13-11(14)7-6-9-5-3-8-17-9/h3,5-8,10H,2,4H2,1H3,(H,13,14)(H,15,16)/b7-6+/t10-/m0/s1. The molecule has 0 aliphatic rings. The summed E-state index contributed by atoms with van der Waals surface area (Å²) in [5, 5.41) is 11.3. The van der Waals surface area contributed by atoms with Crippen LogP contribution in [0.3, 0.4) is 0 Å². The first kappa shape index (κ1) is 13.0. The minimum Gasteiger partial charge on any atom is -0.480 e. The molecule has 0 fully saturated rings. The van der Waals surface area contributed by atoms with E-state index in [4.69, 9.17) is 9.52 Å². The molecule has 1 rings (SSSR count). The fourth-order valence-corrected chi connectivity index (χ4v) is 1.31. The van der Waals surface area contributed by atoms with Crippen molar-refractivity contribution < 1.29 is 19.1 Å². The normalized spacial score (nSPS) is 12.5. The van der Waals surface area contributed by atoms with Crippen LogP contribution in [0.15, 0.2) is 28.9 Å². The molecule has 1 aromatic rings. The number of carboxylic acid groups (broad SMARTS) is 1. The Balaban J connectivity index is 2.50. The molecule has 0 unspecified atom stereocenters. The predicted molar refractivity (Wildman–Crippen MR) is 62.2 cm³/mol. The van der Waals surface area contributed by atoms with Crippen LogP contribution in [0.1, 0.15) is 25.5 Å². The number of carbonyl (C=O) groups is 2. The zero-order valence-corrected chi connectivity index (χ0v) is 9.55. The summed E-state index contributed by atoms with van der Waals surface area (Å²) in [4.78, 5) is 22.2. The first-order valence-electron chi connectivity index (χ1n) is 5.38. The van der Waals surface area contributed by atoms with Gasteiger partial charge in [0, 0.05) is 6.08 Å². The van der Waals surface area contributed by atoms with Crippen molar-refractivity contribution in [2.75, 3.05) is 0 Å². The Morgan fingerprint density at radius 2 is 2.35 bits per heavy atom. The highest BCUT2D eigenvalue weighted by Gasteiger charge is 2.17. The van der Waals surface area contributed by atoms with E-state index < -0.39 is 17.9 Å². The van der Waals surface area contributed by atoms with Gasteiger partial charge in [0.15, 0.2) is 0 Å². The third kappa shape index (κ3) is 4.55. The topological polar surface area (TPSA) is 79.5 Å². The molecule has 0 radical (unpaired) electrons. The lowest BCUT2D eigenvalue weighted by Gasteiger charge is -2.11. The summed E-state index contributed by atoms with van der Waals surface area (Å²) in [6, 6.07) is 2.56. The van der Waals surface area contributed by atoms with E-state index in [9.17, 15) is 9.59 Å². The number of hydrogen-bond acceptors (Lipinski definition) is 3. The molecule has 92 valence electrons. The van der Waals surface area contributed by atoms with E-state index in [1.54, 1.807) is 12.1 Å². The van der Waals surface area contributed by atoms with Crippen LogP contribution >= 0.6 is 0 Å². The van der Waals surface area contributed by atoms with Crippen molar-refractivity contribution in [3.8, 4) is 0 Å². The third-order valence-electron chi connectivity index (χ3n) is 2.13. The summed E-state index contributed by atoms with van der Waals surface area (Å²) in [7, 11) is 0. The average Bonchev–Trinajstić information content (AvgIpc) is 2.78. The summed E-state index contributed by atoms with van der Waals surface area (Å²) in [6.07, 6.45) is 5.34. The molecule has 0 spiro atoms. The molecule has 0 aromatic carbocycles. The minimum absolute atomic E-state index is 0.412. The van der Waals surface area contributed by atoms with Crippen LogP contribution < -0.4 is 5.32 Å². The molecule has 1 aromatic heterocycles. The number of nitrogens with one attached hydrogen (secondary N) is 1. The van der Waals surface area contributed by atoms with Crippen molar-refractivity contribution in [1.82, 2.24) is 5.32 Å². The largest absolute Gasteiger partial charge is 0.480 e. The Bertz CT molecular complexity index is 395. The molecule has 2 N–H and O–H groups in total. The van der Waals surface area contributed by atoms with Gasteiger partial charge in [0.1, 0.15) is 11.8 Å². The summed E-state index contributed by atoms with van der Waals surface area (Å²) in [5.74, 6) is -0.920. The average molecular weight is 237 g/mol. The number of carboxylic acids is 1. The van der Waals surface area contributed by atoms with Gasteiger partial charge in [-0.1, -0.05) is 13.3 Å². The molecular formula is C12H15NO4. The van der Waals surface area contributed by atoms with Gasteiger partial charge in [-0.3, -0.25) is 4.79 Å². The molecule has 5 heteroatoms. The van der Waals surface area contributed by atoms with Gasteiger partial charge < -0.3 is 14.8 Å². The number of amides is 1. The highest BCUT2D eigenvalue weighted by Crippen LogP contribution is 2.02. The van der Waals surface area contributed by atoms with Crippen LogP contribution in [0.4, 0.5) is 0 Å². The van der Waals surface area contributed by atoms with Gasteiger partial charge in [-0.2, -0.15) is 0 Å². The van der Waals surface area contributed by atoms with E-state index >= 15 is 0 Å². The van der Waals surface area contributed by atoms with E-state index in [0.29, 0.717) is 18.6 Å². The van der Waals surface area contributed by atoms with Crippen LogP contribution in [-0.2, 0) is 9.59 Å². The lowest BCUT2D eigenvalue weighted by molar-refractivity contribution is -0.141. The molecular weight excluding hydrogens is 222 g/mol. The molecule has 1 heterocycles. The van der Waals surface area contributed by atoms with Gasteiger partial charge in [-0.15, -0.1) is 0 Å². The molecule has 0 aliphatic heterocycles. The summed E-state index contributed by atoms with van der Waals surface area (Å²) >= 11 is 0. The fraction of sp³-hybridized carbons (Fsp3) is 0.333. The summed E-state index contributed by atoms with van der Waals surface area (Å²) < 4.78 is 5.00. The van der Waals surface area contributed by atoms with E-state index in [1.807, 2.05) is 6.92 Å². The Morgan fingerprint density at radius 3 is 2.88 bits per heavy atom. The highest BCUT2D eigenvalue weighted by atomic mass is 16.4. The summed E-state index contributed by atoms with van der Waals surface area (Å²) in [6.45, 7) is 1.86. The molecule has 17 heavy (non-hydrogen) atoms. The van der Waals surface area contributed by atoms with Gasteiger partial charge in [-0.25, -0.2) is 4.79 Å². The maximum Gasteiger partial charge on any atom is 0.326 e. The maximum absolute atomic E-state index is 11.4. The van der Waals surface area contributed by atoms with Crippen LogP contribution in [0.5, 0.6) is 0 Å². The number of hydrogen-bond donors (Lipinski definition) is 2. The third-order valence-corrected chi connectivity index (χ3v) is 2.13. The van der Waals surface area contributed by atoms with E-state index in [0.717, 1.165) is 0 Å². The van der Waals surface area contributed by atoms with Gasteiger partial charge in [0.05, 0.1) is 6.26 Å². The first-order valence-corrected chi connectivity index (χ1v) is 5.38. The fourth-order valence-electron chi connectivity index (χ4n) is 1.31. The highest BCUT2D eigenvalue weighted by molar-refractivity contribution is 5.94. The van der Waals surface area contributed by atoms with Crippen LogP contribution in [0.2, 0.25) is 0 Å². The molecule has 1 atom stereocenters. The number of carbonyl (C=O) groups excluding carboxylic acids is 1. The van der Waals surface area contributed by atoms with Crippen molar-refractivity contribution in [3.63, 3.8) is 0 Å². The van der Waals surface area contributed by atoms with Crippen LogP contribution in [0.25, 0.3) is 6.08 Å². The molecule has 0 aliphatic carbocycles. The maximum atomic E-state index is 11.4. The second-order valence-corrected chi connectivity index (χ2v) is 3.54. The first-order chi connectivity index (χ1) is 8.13. The van der Waals surface area contributed by atoms with Crippen molar-refractivity contribution in [2.24, 2.45) is 0 Å². The number of furan rings is 1. The molecule has 0 bridgehead atoms. The molecule has 1 amide bonds. The number of aliphatic carboxylic acids is 1. The van der Waals surface area contributed by atoms with Gasteiger partial charge in [-0.05, 0) is 24.6 Å². The summed E-state index contributed by atoms with van der Waals surface area (Å²) in [5.41, 5.74) is 0. The second-order valence-electron chi connectivity index (χ2n) is 3.54. The van der Waals surface area contributed by atoms with Crippen molar-refractivity contribution >= 4 is 18.0 Å². The number of rotatable bonds is 6. The van der Waals surface area contributed by atoms with Gasteiger partial charge >= 0.3 is 5.97 Å². The predicted octanol–water partition coefficient (Wildman–Crippen LogP) is 1.66. The molecule has 0 saturated heterocycles. The Labute approximate surface area is 99.1 Å². The smallest absolute Gasteiger partial charge is 0.326 e. The Morgan fingerprint density at radius 1 is 1.59 bits per heavy atom. The second kappa shape index (κ2) is 6.52. The minimum atomic E-state index is -1.02. The monoisotopic (exact) mass is 237 g/mol. The lowest BCUT2D eigenvalue weighted by Crippen LogP contribution is -2.39. The molecule has 5 nitrogen and oxygen atoms in total. The lowest BCUT2D eigenvalue weighted by atomic mass is 10.1. The van der Waals surface area contributed by atoms with E-state index in [2.05, 4.69) is 5.32 Å². The van der Waals surface area contributed by atoms with Gasteiger partial charge in [0.25, 0.3) is 0 Å². The van der Waals surface area contributed by atoms with Crippen molar-refractivity contribution in [3.05, 3.63) is 30.2 Å².